The second-order valence-electron chi connectivity index (χ2n) is 6.07. The average Bonchev–Trinajstić information content (AvgIpc) is 2.92. The number of nitrogens with one attached hydrogen (secondary N) is 3. The minimum absolute atomic E-state index is 0. The first-order valence-electron chi connectivity index (χ1n) is 7.69. The summed E-state index contributed by atoms with van der Waals surface area (Å²) < 4.78 is 2.03. The molecule has 1 amide bonds. The Morgan fingerprint density at radius 1 is 1.30 bits per heavy atom. The monoisotopic (exact) mass is 436 g/mol. The van der Waals surface area contributed by atoms with Crippen LogP contribution in [0.1, 0.15) is 34.1 Å². The summed E-state index contributed by atoms with van der Waals surface area (Å²) in [5.41, 5.74) is -0.233. The van der Waals surface area contributed by atoms with Gasteiger partial charge in [0.15, 0.2) is 5.96 Å². The van der Waals surface area contributed by atoms with E-state index < -0.39 is 0 Å². The number of aliphatic imine (C=N–C) groups is 1. The zero-order chi connectivity index (χ0) is 16.4. The van der Waals surface area contributed by atoms with Crippen molar-refractivity contribution in [3.63, 3.8) is 0 Å². The fourth-order valence-electron chi connectivity index (χ4n) is 1.84. The molecule has 1 aromatic rings. The van der Waals surface area contributed by atoms with E-state index in [9.17, 15) is 4.79 Å². The van der Waals surface area contributed by atoms with E-state index in [2.05, 4.69) is 25.9 Å². The summed E-state index contributed by atoms with van der Waals surface area (Å²) in [5, 5.41) is 9.25. The third-order valence-corrected chi connectivity index (χ3v) is 2.68. The van der Waals surface area contributed by atoms with E-state index in [1.54, 1.807) is 12.5 Å². The number of guanidine groups is 1. The molecular formula is C15H29IN6O. The van der Waals surface area contributed by atoms with Gasteiger partial charge in [0.05, 0.1) is 6.33 Å². The molecule has 0 aliphatic carbocycles. The maximum atomic E-state index is 11.8. The minimum Gasteiger partial charge on any atom is -0.357 e. The molecule has 0 aromatic carbocycles. The van der Waals surface area contributed by atoms with E-state index in [0.29, 0.717) is 5.96 Å². The summed E-state index contributed by atoms with van der Waals surface area (Å²) in [5.74, 6) is 0.584. The summed E-state index contributed by atoms with van der Waals surface area (Å²) in [7, 11) is 0. The first-order chi connectivity index (χ1) is 10.4. The molecule has 0 aliphatic heterocycles. The number of nitrogens with zero attached hydrogens (tertiary/aromatic N) is 3. The van der Waals surface area contributed by atoms with Gasteiger partial charge >= 0.3 is 0 Å². The molecule has 132 valence electrons. The predicted molar refractivity (Wildman–Crippen MR) is 104 cm³/mol. The van der Waals surface area contributed by atoms with Gasteiger partial charge in [-0.25, -0.2) is 9.98 Å². The number of aromatic nitrogens is 2. The first-order valence-corrected chi connectivity index (χ1v) is 7.69. The SMILES string of the molecule is CCNC(=NCC(=O)NC(C)(C)C)NCCCn1ccnc1.I. The van der Waals surface area contributed by atoms with Gasteiger partial charge in [0, 0.05) is 37.6 Å². The van der Waals surface area contributed by atoms with Gasteiger partial charge in [0.2, 0.25) is 5.91 Å². The third-order valence-electron chi connectivity index (χ3n) is 2.68. The van der Waals surface area contributed by atoms with Crippen molar-refractivity contribution in [3.05, 3.63) is 18.7 Å². The van der Waals surface area contributed by atoms with Crippen LogP contribution in [0.2, 0.25) is 0 Å². The van der Waals surface area contributed by atoms with Crippen LogP contribution in [0.5, 0.6) is 0 Å². The number of aryl methyl sites for hydroxylation is 1. The summed E-state index contributed by atoms with van der Waals surface area (Å²) >= 11 is 0. The molecule has 1 aromatic heterocycles. The van der Waals surface area contributed by atoms with Crippen molar-refractivity contribution < 1.29 is 4.79 Å². The van der Waals surface area contributed by atoms with Crippen LogP contribution in [-0.2, 0) is 11.3 Å². The number of halogens is 1. The predicted octanol–water partition coefficient (Wildman–Crippen LogP) is 1.36. The molecular weight excluding hydrogens is 407 g/mol. The van der Waals surface area contributed by atoms with Crippen molar-refractivity contribution in [2.24, 2.45) is 4.99 Å². The Labute approximate surface area is 155 Å². The van der Waals surface area contributed by atoms with Crippen LogP contribution in [0.4, 0.5) is 0 Å². The first kappa shape index (κ1) is 21.7. The van der Waals surface area contributed by atoms with E-state index in [1.807, 2.05) is 38.5 Å². The van der Waals surface area contributed by atoms with Crippen LogP contribution in [0.25, 0.3) is 0 Å². The largest absolute Gasteiger partial charge is 0.357 e. The molecule has 0 aliphatic rings. The highest BCUT2D eigenvalue weighted by Gasteiger charge is 2.13. The van der Waals surface area contributed by atoms with Gasteiger partial charge in [0.25, 0.3) is 0 Å². The van der Waals surface area contributed by atoms with Crippen molar-refractivity contribution >= 4 is 35.8 Å². The zero-order valence-electron chi connectivity index (χ0n) is 14.4. The summed E-state index contributed by atoms with van der Waals surface area (Å²) in [6, 6.07) is 0. The Bertz CT molecular complexity index is 467. The lowest BCUT2D eigenvalue weighted by Gasteiger charge is -2.20. The van der Waals surface area contributed by atoms with Crippen LogP contribution in [0.3, 0.4) is 0 Å². The highest BCUT2D eigenvalue weighted by atomic mass is 127. The van der Waals surface area contributed by atoms with Crippen molar-refractivity contribution in [2.45, 2.75) is 46.2 Å². The highest BCUT2D eigenvalue weighted by molar-refractivity contribution is 14.0. The molecule has 0 saturated heterocycles. The number of carbonyl (C=O) groups excluding carboxylic acids is 1. The lowest BCUT2D eigenvalue weighted by molar-refractivity contribution is -0.121. The van der Waals surface area contributed by atoms with Gasteiger partial charge in [-0.2, -0.15) is 0 Å². The molecule has 0 radical (unpaired) electrons. The standard InChI is InChI=1S/C15H28N6O.HI/c1-5-17-14(19-11-13(22)20-15(2,3)4)18-7-6-9-21-10-8-16-12-21;/h8,10,12H,5-7,9,11H2,1-4H3,(H,20,22)(H2,17,18,19);1H. The van der Waals surface area contributed by atoms with Gasteiger partial charge in [-0.05, 0) is 34.1 Å². The van der Waals surface area contributed by atoms with Gasteiger partial charge in [0.1, 0.15) is 6.54 Å². The fraction of sp³-hybridized carbons (Fsp3) is 0.667. The average molecular weight is 436 g/mol. The van der Waals surface area contributed by atoms with E-state index >= 15 is 0 Å². The summed E-state index contributed by atoms with van der Waals surface area (Å²) in [4.78, 5) is 20.1. The second-order valence-corrected chi connectivity index (χ2v) is 6.07. The van der Waals surface area contributed by atoms with Crippen LogP contribution < -0.4 is 16.0 Å². The molecule has 0 bridgehead atoms. The molecule has 23 heavy (non-hydrogen) atoms. The third kappa shape index (κ3) is 10.9. The van der Waals surface area contributed by atoms with Gasteiger partial charge < -0.3 is 20.5 Å². The maximum Gasteiger partial charge on any atom is 0.242 e. The Kier molecular flexibility index (Phi) is 10.6. The molecule has 0 spiro atoms. The lowest BCUT2D eigenvalue weighted by atomic mass is 10.1. The fourth-order valence-corrected chi connectivity index (χ4v) is 1.84. The number of amides is 1. The highest BCUT2D eigenvalue weighted by Crippen LogP contribution is 1.97. The van der Waals surface area contributed by atoms with Crippen molar-refractivity contribution in [3.8, 4) is 0 Å². The van der Waals surface area contributed by atoms with E-state index in [0.717, 1.165) is 26.1 Å². The Morgan fingerprint density at radius 3 is 2.61 bits per heavy atom. The Balaban J connectivity index is 0.00000484. The van der Waals surface area contributed by atoms with Crippen LogP contribution in [-0.4, -0.2) is 46.6 Å². The molecule has 0 fully saturated rings. The second kappa shape index (κ2) is 11.3. The smallest absolute Gasteiger partial charge is 0.242 e. The van der Waals surface area contributed by atoms with Gasteiger partial charge in [-0.15, -0.1) is 24.0 Å². The topological polar surface area (TPSA) is 83.3 Å². The van der Waals surface area contributed by atoms with Crippen molar-refractivity contribution in [1.29, 1.82) is 0 Å². The molecule has 7 nitrogen and oxygen atoms in total. The molecule has 0 unspecified atom stereocenters. The Morgan fingerprint density at radius 2 is 2.04 bits per heavy atom. The summed E-state index contributed by atoms with van der Waals surface area (Å²) in [6.45, 7) is 10.4. The zero-order valence-corrected chi connectivity index (χ0v) is 16.8. The van der Waals surface area contributed by atoms with Crippen molar-refractivity contribution in [1.82, 2.24) is 25.5 Å². The van der Waals surface area contributed by atoms with Crippen molar-refractivity contribution in [2.75, 3.05) is 19.6 Å². The van der Waals surface area contributed by atoms with Crippen LogP contribution in [0, 0.1) is 0 Å². The lowest BCUT2D eigenvalue weighted by Crippen LogP contribution is -2.43. The number of carbonyl (C=O) groups is 1. The number of hydrogen-bond acceptors (Lipinski definition) is 3. The number of rotatable bonds is 7. The molecule has 1 rings (SSSR count). The number of hydrogen-bond donors (Lipinski definition) is 3. The molecule has 0 saturated carbocycles. The van der Waals surface area contributed by atoms with E-state index in [-0.39, 0.29) is 42.0 Å². The van der Waals surface area contributed by atoms with Gasteiger partial charge in [-0.3, -0.25) is 4.79 Å². The van der Waals surface area contributed by atoms with Crippen LogP contribution >= 0.6 is 24.0 Å². The summed E-state index contributed by atoms with van der Waals surface area (Å²) in [6.07, 6.45) is 6.47. The van der Waals surface area contributed by atoms with Crippen LogP contribution in [0.15, 0.2) is 23.7 Å². The molecule has 1 heterocycles. The minimum atomic E-state index is -0.233. The normalized spacial score (nSPS) is 11.6. The maximum absolute atomic E-state index is 11.8. The quantitative estimate of drug-likeness (QED) is 0.261. The molecule has 8 heteroatoms. The van der Waals surface area contributed by atoms with E-state index in [4.69, 9.17) is 0 Å². The van der Waals surface area contributed by atoms with E-state index in [1.165, 1.54) is 0 Å². The molecule has 0 atom stereocenters. The van der Waals surface area contributed by atoms with Gasteiger partial charge in [-0.1, -0.05) is 0 Å². The number of imidazole rings is 1. The Hall–Kier alpha value is -1.32. The molecule has 3 N–H and O–H groups in total.